The van der Waals surface area contributed by atoms with Gasteiger partial charge in [0.15, 0.2) is 17.5 Å². The SMILES string of the molecule is CC(C)OCC(N)c1noc(Cc2ccc(F)c(F)c2)n1. The Hall–Kier alpha value is -1.86. The lowest BCUT2D eigenvalue weighted by molar-refractivity contribution is 0.0665. The number of rotatable bonds is 6. The summed E-state index contributed by atoms with van der Waals surface area (Å²) in [6.45, 7) is 4.08. The zero-order valence-electron chi connectivity index (χ0n) is 11.8. The number of aromatic nitrogens is 2. The van der Waals surface area contributed by atoms with Crippen molar-refractivity contribution in [3.63, 3.8) is 0 Å². The molecule has 0 aliphatic heterocycles. The maximum absolute atomic E-state index is 13.1. The van der Waals surface area contributed by atoms with Gasteiger partial charge in [-0.05, 0) is 31.5 Å². The van der Waals surface area contributed by atoms with Gasteiger partial charge in [-0.25, -0.2) is 8.78 Å². The quantitative estimate of drug-likeness (QED) is 0.886. The zero-order valence-corrected chi connectivity index (χ0v) is 11.8. The van der Waals surface area contributed by atoms with Gasteiger partial charge in [-0.15, -0.1) is 0 Å². The molecule has 0 saturated heterocycles. The molecule has 21 heavy (non-hydrogen) atoms. The van der Waals surface area contributed by atoms with Crippen LogP contribution in [0.25, 0.3) is 0 Å². The lowest BCUT2D eigenvalue weighted by Gasteiger charge is -2.10. The minimum atomic E-state index is -0.908. The zero-order chi connectivity index (χ0) is 15.4. The van der Waals surface area contributed by atoms with Gasteiger partial charge < -0.3 is 15.0 Å². The van der Waals surface area contributed by atoms with Gasteiger partial charge in [0.1, 0.15) is 0 Å². The van der Waals surface area contributed by atoms with E-state index in [0.717, 1.165) is 12.1 Å². The van der Waals surface area contributed by atoms with E-state index in [-0.39, 0.29) is 25.0 Å². The Morgan fingerprint density at radius 1 is 1.29 bits per heavy atom. The van der Waals surface area contributed by atoms with Gasteiger partial charge in [-0.2, -0.15) is 4.98 Å². The highest BCUT2D eigenvalue weighted by Gasteiger charge is 2.15. The van der Waals surface area contributed by atoms with Crippen LogP contribution in [0.5, 0.6) is 0 Å². The van der Waals surface area contributed by atoms with Crippen LogP contribution in [0.1, 0.15) is 37.2 Å². The van der Waals surface area contributed by atoms with E-state index in [1.807, 2.05) is 13.8 Å². The summed E-state index contributed by atoms with van der Waals surface area (Å²) in [5.41, 5.74) is 6.41. The van der Waals surface area contributed by atoms with Gasteiger partial charge in [-0.3, -0.25) is 0 Å². The molecule has 0 saturated carbocycles. The highest BCUT2D eigenvalue weighted by molar-refractivity contribution is 5.20. The van der Waals surface area contributed by atoms with Gasteiger partial charge in [0, 0.05) is 0 Å². The van der Waals surface area contributed by atoms with E-state index < -0.39 is 17.7 Å². The van der Waals surface area contributed by atoms with Crippen LogP contribution < -0.4 is 5.73 Å². The summed E-state index contributed by atoms with van der Waals surface area (Å²) >= 11 is 0. The van der Waals surface area contributed by atoms with E-state index in [9.17, 15) is 8.78 Å². The summed E-state index contributed by atoms with van der Waals surface area (Å²) in [5, 5.41) is 3.77. The van der Waals surface area contributed by atoms with E-state index in [1.54, 1.807) is 0 Å². The first kappa shape index (κ1) is 15.5. The van der Waals surface area contributed by atoms with Crippen molar-refractivity contribution >= 4 is 0 Å². The molecule has 2 N–H and O–H groups in total. The first-order chi connectivity index (χ1) is 9.95. The molecule has 1 atom stereocenters. The smallest absolute Gasteiger partial charge is 0.231 e. The second-order valence-corrected chi connectivity index (χ2v) is 4.96. The lowest BCUT2D eigenvalue weighted by atomic mass is 10.1. The number of benzene rings is 1. The number of hydrogen-bond acceptors (Lipinski definition) is 5. The monoisotopic (exact) mass is 297 g/mol. The van der Waals surface area contributed by atoms with Crippen molar-refractivity contribution in [1.82, 2.24) is 10.1 Å². The second-order valence-electron chi connectivity index (χ2n) is 4.96. The van der Waals surface area contributed by atoms with Crippen LogP contribution in [-0.2, 0) is 11.2 Å². The van der Waals surface area contributed by atoms with Crippen LogP contribution in [0.4, 0.5) is 8.78 Å². The van der Waals surface area contributed by atoms with Gasteiger partial charge in [0.05, 0.1) is 25.2 Å². The van der Waals surface area contributed by atoms with Crippen LogP contribution in [0.15, 0.2) is 22.7 Å². The Kier molecular flexibility index (Phi) is 4.98. The number of ether oxygens (including phenoxy) is 1. The van der Waals surface area contributed by atoms with Crippen LogP contribution in [0.3, 0.4) is 0 Å². The predicted octanol–water partition coefficient (Wildman–Crippen LogP) is 2.36. The Morgan fingerprint density at radius 3 is 2.71 bits per heavy atom. The minimum Gasteiger partial charge on any atom is -0.377 e. The van der Waals surface area contributed by atoms with E-state index >= 15 is 0 Å². The largest absolute Gasteiger partial charge is 0.377 e. The van der Waals surface area contributed by atoms with Gasteiger partial charge in [0.2, 0.25) is 5.89 Å². The Labute approximate surface area is 121 Å². The van der Waals surface area contributed by atoms with Gasteiger partial charge in [0.25, 0.3) is 0 Å². The molecule has 2 rings (SSSR count). The van der Waals surface area contributed by atoms with Crippen molar-refractivity contribution in [3.8, 4) is 0 Å². The third-order valence-corrected chi connectivity index (χ3v) is 2.76. The fraction of sp³-hybridized carbons (Fsp3) is 0.429. The second kappa shape index (κ2) is 6.73. The molecule has 114 valence electrons. The van der Waals surface area contributed by atoms with Gasteiger partial charge >= 0.3 is 0 Å². The van der Waals surface area contributed by atoms with E-state index in [0.29, 0.717) is 11.4 Å². The maximum atomic E-state index is 13.1. The number of hydrogen-bond donors (Lipinski definition) is 1. The number of nitrogens with two attached hydrogens (primary N) is 1. The molecule has 0 aliphatic carbocycles. The summed E-state index contributed by atoms with van der Waals surface area (Å²) in [6.07, 6.45) is 0.270. The highest BCUT2D eigenvalue weighted by atomic mass is 19.2. The Morgan fingerprint density at radius 2 is 2.05 bits per heavy atom. The predicted molar refractivity (Wildman–Crippen MR) is 71.5 cm³/mol. The molecule has 0 bridgehead atoms. The van der Waals surface area contributed by atoms with E-state index in [1.165, 1.54) is 6.07 Å². The average Bonchev–Trinajstić information content (AvgIpc) is 2.89. The molecule has 0 aliphatic rings. The van der Waals surface area contributed by atoms with Crippen LogP contribution in [-0.4, -0.2) is 22.9 Å². The third kappa shape index (κ3) is 4.30. The van der Waals surface area contributed by atoms with Crippen molar-refractivity contribution in [2.24, 2.45) is 5.73 Å². The third-order valence-electron chi connectivity index (χ3n) is 2.76. The molecule has 0 amide bonds. The summed E-state index contributed by atoms with van der Waals surface area (Å²) in [6, 6.07) is 3.13. The van der Waals surface area contributed by atoms with Crippen molar-refractivity contribution in [2.75, 3.05) is 6.61 Å². The fourth-order valence-electron chi connectivity index (χ4n) is 1.69. The van der Waals surface area contributed by atoms with Gasteiger partial charge in [-0.1, -0.05) is 11.2 Å². The molecular weight excluding hydrogens is 280 g/mol. The molecule has 2 aromatic rings. The number of halogens is 2. The topological polar surface area (TPSA) is 74.2 Å². The molecular formula is C14H17F2N3O2. The van der Waals surface area contributed by atoms with Crippen LogP contribution in [0, 0.1) is 11.6 Å². The first-order valence-electron chi connectivity index (χ1n) is 6.59. The molecule has 5 nitrogen and oxygen atoms in total. The first-order valence-corrected chi connectivity index (χ1v) is 6.59. The summed E-state index contributed by atoms with van der Waals surface area (Å²) < 4.78 is 36.4. The molecule has 0 spiro atoms. The highest BCUT2D eigenvalue weighted by Crippen LogP contribution is 2.14. The molecule has 7 heteroatoms. The fourth-order valence-corrected chi connectivity index (χ4v) is 1.69. The molecule has 0 radical (unpaired) electrons. The lowest BCUT2D eigenvalue weighted by Crippen LogP contribution is -2.20. The molecule has 1 aromatic heterocycles. The van der Waals surface area contributed by atoms with Crippen molar-refractivity contribution in [1.29, 1.82) is 0 Å². The summed E-state index contributed by atoms with van der Waals surface area (Å²) in [5.74, 6) is -1.18. The Balaban J connectivity index is 2.00. The van der Waals surface area contributed by atoms with Crippen molar-refractivity contribution < 1.29 is 18.0 Å². The molecule has 1 heterocycles. The van der Waals surface area contributed by atoms with E-state index in [4.69, 9.17) is 15.0 Å². The number of nitrogens with zero attached hydrogens (tertiary/aromatic N) is 2. The summed E-state index contributed by atoms with van der Waals surface area (Å²) in [4.78, 5) is 4.14. The van der Waals surface area contributed by atoms with Crippen LogP contribution >= 0.6 is 0 Å². The maximum Gasteiger partial charge on any atom is 0.231 e. The molecule has 1 unspecified atom stereocenters. The Bertz CT molecular complexity index is 602. The van der Waals surface area contributed by atoms with E-state index in [2.05, 4.69) is 10.1 Å². The normalized spacial score (nSPS) is 12.9. The minimum absolute atomic E-state index is 0.0598. The van der Waals surface area contributed by atoms with Crippen molar-refractivity contribution in [3.05, 3.63) is 47.1 Å². The van der Waals surface area contributed by atoms with Crippen molar-refractivity contribution in [2.45, 2.75) is 32.4 Å². The molecule has 0 fully saturated rings. The molecule has 1 aromatic carbocycles. The summed E-state index contributed by atoms with van der Waals surface area (Å²) in [7, 11) is 0. The standard InChI is InChI=1S/C14H17F2N3O2/c1-8(2)20-7-12(17)14-18-13(21-19-14)6-9-3-4-10(15)11(16)5-9/h3-5,8,12H,6-7,17H2,1-2H3. The average molecular weight is 297 g/mol. The van der Waals surface area contributed by atoms with Crippen LogP contribution in [0.2, 0.25) is 0 Å².